The number of likely N-dealkylation sites (N-methyl/N-ethyl adjacent to an activating group) is 1. The molecule has 0 spiro atoms. The molecule has 0 radical (unpaired) electrons. The van der Waals surface area contributed by atoms with Gasteiger partial charge in [0.15, 0.2) is 5.96 Å². The molecule has 0 aliphatic carbocycles. The zero-order valence-corrected chi connectivity index (χ0v) is 18.6. The van der Waals surface area contributed by atoms with E-state index in [4.69, 9.17) is 9.73 Å². The number of benzene rings is 1. The third-order valence-electron chi connectivity index (χ3n) is 6.58. The molecule has 2 rings (SSSR count). The van der Waals surface area contributed by atoms with E-state index in [1.165, 1.54) is 5.56 Å². The molecule has 1 heterocycles. The highest BCUT2D eigenvalue weighted by atomic mass is 16.5. The third kappa shape index (κ3) is 5.48. The molecule has 5 heteroatoms. The lowest BCUT2D eigenvalue weighted by Crippen LogP contribution is -2.57. The Bertz CT molecular complexity index is 590. The van der Waals surface area contributed by atoms with Gasteiger partial charge in [-0.3, -0.25) is 4.99 Å². The molecule has 1 aromatic carbocycles. The van der Waals surface area contributed by atoms with E-state index in [2.05, 4.69) is 80.7 Å². The summed E-state index contributed by atoms with van der Waals surface area (Å²) in [5.41, 5.74) is 1.59. The lowest BCUT2D eigenvalue weighted by Gasteiger charge is -2.43. The maximum Gasteiger partial charge on any atom is 0.191 e. The molecule has 0 aromatic heterocycles. The molecule has 158 valence electrons. The lowest BCUT2D eigenvalue weighted by atomic mass is 9.76. The molecule has 28 heavy (non-hydrogen) atoms. The van der Waals surface area contributed by atoms with Crippen LogP contribution >= 0.6 is 0 Å². The number of hydrogen-bond acceptors (Lipinski definition) is 3. The van der Waals surface area contributed by atoms with Crippen molar-refractivity contribution in [3.05, 3.63) is 35.9 Å². The van der Waals surface area contributed by atoms with Crippen molar-refractivity contribution < 1.29 is 4.74 Å². The van der Waals surface area contributed by atoms with Crippen molar-refractivity contribution in [2.45, 2.75) is 57.4 Å². The van der Waals surface area contributed by atoms with Gasteiger partial charge in [-0.25, -0.2) is 0 Å². The van der Waals surface area contributed by atoms with Gasteiger partial charge in [0, 0.05) is 37.3 Å². The molecule has 2 N–H and O–H groups in total. The van der Waals surface area contributed by atoms with Gasteiger partial charge in [0.25, 0.3) is 0 Å². The summed E-state index contributed by atoms with van der Waals surface area (Å²) in [5, 5.41) is 7.07. The Morgan fingerprint density at radius 3 is 2.25 bits per heavy atom. The summed E-state index contributed by atoms with van der Waals surface area (Å²) in [6.45, 7) is 10.9. The number of aliphatic imine (C=N–C) groups is 1. The minimum atomic E-state index is 0.0848. The van der Waals surface area contributed by atoms with E-state index >= 15 is 0 Å². The van der Waals surface area contributed by atoms with Gasteiger partial charge in [0.05, 0.1) is 6.54 Å². The van der Waals surface area contributed by atoms with Crippen LogP contribution in [-0.4, -0.2) is 63.3 Å². The minimum absolute atomic E-state index is 0.0848. The minimum Gasteiger partial charge on any atom is -0.381 e. The predicted octanol–water partition coefficient (Wildman–Crippen LogP) is 3.41. The summed E-state index contributed by atoms with van der Waals surface area (Å²) in [5.74, 6) is 0.914. The molecule has 1 fully saturated rings. The summed E-state index contributed by atoms with van der Waals surface area (Å²) in [6.07, 6.45) is 4.25. The van der Waals surface area contributed by atoms with Crippen molar-refractivity contribution in [1.29, 1.82) is 0 Å². The van der Waals surface area contributed by atoms with E-state index in [-0.39, 0.29) is 11.0 Å². The summed E-state index contributed by atoms with van der Waals surface area (Å²) in [7, 11) is 4.34. The van der Waals surface area contributed by atoms with Gasteiger partial charge in [-0.05, 0) is 52.3 Å². The molecule has 1 aliphatic heterocycles. The molecule has 0 unspecified atom stereocenters. The van der Waals surface area contributed by atoms with Crippen molar-refractivity contribution in [3.63, 3.8) is 0 Å². The molecule has 1 aromatic rings. The van der Waals surface area contributed by atoms with E-state index in [0.717, 1.165) is 64.5 Å². The van der Waals surface area contributed by atoms with Crippen molar-refractivity contribution >= 4 is 5.96 Å². The first-order chi connectivity index (χ1) is 13.5. The van der Waals surface area contributed by atoms with E-state index in [0.29, 0.717) is 0 Å². The van der Waals surface area contributed by atoms with Crippen LogP contribution in [0.1, 0.15) is 52.0 Å². The summed E-state index contributed by atoms with van der Waals surface area (Å²) >= 11 is 0. The fourth-order valence-corrected chi connectivity index (χ4v) is 4.12. The second kappa shape index (κ2) is 10.8. The van der Waals surface area contributed by atoms with Crippen molar-refractivity contribution in [3.8, 4) is 0 Å². The van der Waals surface area contributed by atoms with E-state index in [9.17, 15) is 0 Å². The van der Waals surface area contributed by atoms with Crippen LogP contribution < -0.4 is 10.6 Å². The summed E-state index contributed by atoms with van der Waals surface area (Å²) in [4.78, 5) is 7.37. The molecule has 0 atom stereocenters. The van der Waals surface area contributed by atoms with Crippen LogP contribution in [0.15, 0.2) is 35.3 Å². The second-order valence-electron chi connectivity index (χ2n) is 8.13. The van der Waals surface area contributed by atoms with Crippen LogP contribution in [0.25, 0.3) is 0 Å². The molecule has 0 bridgehead atoms. The Hall–Kier alpha value is -1.59. The van der Waals surface area contributed by atoms with Gasteiger partial charge in [-0.15, -0.1) is 0 Å². The molecular formula is C23H40N4O. The standard InChI is InChI=1S/C23H40N4O/c1-6-22(7-2,20-12-10-9-11-13-20)18-25-21(24-8-3)26-19-23(27(4)5)14-16-28-17-15-23/h9-13H,6-8,14-19H2,1-5H3,(H2,24,25,26). The topological polar surface area (TPSA) is 48.9 Å². The van der Waals surface area contributed by atoms with Crippen molar-refractivity contribution in [2.75, 3.05) is 46.9 Å². The number of guanidine groups is 1. The Balaban J connectivity index is 2.14. The summed E-state index contributed by atoms with van der Waals surface area (Å²) < 4.78 is 5.60. The van der Waals surface area contributed by atoms with Crippen LogP contribution in [0.4, 0.5) is 0 Å². The maximum absolute atomic E-state index is 5.60. The van der Waals surface area contributed by atoms with Gasteiger partial charge in [-0.2, -0.15) is 0 Å². The number of hydrogen-bond donors (Lipinski definition) is 2. The highest BCUT2D eigenvalue weighted by Gasteiger charge is 2.35. The fourth-order valence-electron chi connectivity index (χ4n) is 4.12. The summed E-state index contributed by atoms with van der Waals surface area (Å²) in [6, 6.07) is 10.8. The molecule has 5 nitrogen and oxygen atoms in total. The van der Waals surface area contributed by atoms with Gasteiger partial charge in [0.1, 0.15) is 0 Å². The Kier molecular flexibility index (Phi) is 8.77. The van der Waals surface area contributed by atoms with E-state index in [1.54, 1.807) is 0 Å². The quantitative estimate of drug-likeness (QED) is 0.503. The SMILES string of the molecule is CCNC(=NCC(CC)(CC)c1ccccc1)NCC1(N(C)C)CCOCC1. The van der Waals surface area contributed by atoms with Crippen LogP contribution in [-0.2, 0) is 10.2 Å². The number of ether oxygens (including phenoxy) is 1. The predicted molar refractivity (Wildman–Crippen MR) is 119 cm³/mol. The first kappa shape index (κ1) is 22.7. The lowest BCUT2D eigenvalue weighted by molar-refractivity contribution is -0.00501. The smallest absolute Gasteiger partial charge is 0.191 e. The fraction of sp³-hybridized carbons (Fsp3) is 0.696. The van der Waals surface area contributed by atoms with Gasteiger partial charge >= 0.3 is 0 Å². The third-order valence-corrected chi connectivity index (χ3v) is 6.58. The Labute approximate surface area is 171 Å². The Morgan fingerprint density at radius 2 is 1.71 bits per heavy atom. The monoisotopic (exact) mass is 388 g/mol. The molecule has 0 amide bonds. The molecule has 1 saturated heterocycles. The number of nitrogens with zero attached hydrogens (tertiary/aromatic N) is 2. The van der Waals surface area contributed by atoms with Crippen LogP contribution in [0, 0.1) is 0 Å². The normalized spacial score (nSPS) is 17.6. The maximum atomic E-state index is 5.60. The van der Waals surface area contributed by atoms with Crippen LogP contribution in [0.3, 0.4) is 0 Å². The average molecular weight is 389 g/mol. The van der Waals surface area contributed by atoms with Crippen molar-refractivity contribution in [1.82, 2.24) is 15.5 Å². The zero-order chi connectivity index (χ0) is 20.5. The number of rotatable bonds is 9. The Morgan fingerprint density at radius 1 is 1.07 bits per heavy atom. The molecule has 0 saturated carbocycles. The highest BCUT2D eigenvalue weighted by Crippen LogP contribution is 2.32. The number of nitrogens with one attached hydrogen (secondary N) is 2. The van der Waals surface area contributed by atoms with Crippen molar-refractivity contribution in [2.24, 2.45) is 4.99 Å². The first-order valence-corrected chi connectivity index (χ1v) is 10.8. The van der Waals surface area contributed by atoms with Crippen LogP contribution in [0.2, 0.25) is 0 Å². The average Bonchev–Trinajstić information content (AvgIpc) is 2.74. The molecule has 1 aliphatic rings. The molecular weight excluding hydrogens is 348 g/mol. The van der Waals surface area contributed by atoms with Crippen LogP contribution in [0.5, 0.6) is 0 Å². The van der Waals surface area contributed by atoms with Gasteiger partial charge < -0.3 is 20.3 Å². The zero-order valence-electron chi connectivity index (χ0n) is 18.6. The van der Waals surface area contributed by atoms with Gasteiger partial charge in [-0.1, -0.05) is 44.2 Å². The van der Waals surface area contributed by atoms with E-state index < -0.39 is 0 Å². The van der Waals surface area contributed by atoms with E-state index in [1.807, 2.05) is 0 Å². The largest absolute Gasteiger partial charge is 0.381 e. The first-order valence-electron chi connectivity index (χ1n) is 10.8. The second-order valence-corrected chi connectivity index (χ2v) is 8.13. The highest BCUT2D eigenvalue weighted by molar-refractivity contribution is 5.80. The van der Waals surface area contributed by atoms with Gasteiger partial charge in [0.2, 0.25) is 0 Å².